The molecule has 2 unspecified atom stereocenters. The van der Waals surface area contributed by atoms with Gasteiger partial charge < -0.3 is 4.98 Å². The van der Waals surface area contributed by atoms with E-state index in [1.165, 1.54) is 16.8 Å². The quantitative estimate of drug-likeness (QED) is 0.629. The average Bonchev–Trinajstić information content (AvgIpc) is 2.81. The van der Waals surface area contributed by atoms with Gasteiger partial charge in [0.25, 0.3) is 0 Å². The molecule has 1 aromatic carbocycles. The van der Waals surface area contributed by atoms with E-state index in [0.717, 1.165) is 17.9 Å². The van der Waals surface area contributed by atoms with Crippen LogP contribution >= 0.6 is 34.8 Å². The lowest BCUT2D eigenvalue weighted by Crippen LogP contribution is -1.99. The number of nitrogens with one attached hydrogen (secondary N) is 1. The molecule has 1 aromatic heterocycles. The topological polar surface area (TPSA) is 15.8 Å². The molecule has 1 saturated carbocycles. The summed E-state index contributed by atoms with van der Waals surface area (Å²) >= 11 is 17.8. The van der Waals surface area contributed by atoms with Crippen molar-refractivity contribution in [1.82, 2.24) is 4.98 Å². The third kappa shape index (κ3) is 3.79. The molecule has 4 heteroatoms. The Hall–Kier alpha value is -0.890. The van der Waals surface area contributed by atoms with Crippen LogP contribution in [-0.2, 0) is 12.8 Å². The van der Waals surface area contributed by atoms with Gasteiger partial charge in [-0.05, 0) is 59.4 Å². The van der Waals surface area contributed by atoms with E-state index in [-0.39, 0.29) is 5.41 Å². The second kappa shape index (κ2) is 6.55. The molecule has 1 fully saturated rings. The minimum Gasteiger partial charge on any atom is -0.365 e. The number of benzene rings is 1. The molecule has 3 rings (SSSR count). The van der Waals surface area contributed by atoms with Gasteiger partial charge in [-0.1, -0.05) is 66.9 Å². The van der Waals surface area contributed by atoms with Crippen LogP contribution in [0.15, 0.2) is 47.1 Å². The van der Waals surface area contributed by atoms with Crippen molar-refractivity contribution in [2.75, 3.05) is 0 Å². The summed E-state index contributed by atoms with van der Waals surface area (Å²) in [5.74, 6) is 1.00. The Balaban J connectivity index is 1.74. The van der Waals surface area contributed by atoms with Crippen LogP contribution in [0.2, 0.25) is 5.02 Å². The number of aromatic amines is 1. The van der Waals surface area contributed by atoms with Gasteiger partial charge in [-0.15, -0.1) is 0 Å². The van der Waals surface area contributed by atoms with Crippen molar-refractivity contribution < 1.29 is 0 Å². The average molecular weight is 369 g/mol. The number of hydrogen-bond donors (Lipinski definition) is 1. The summed E-state index contributed by atoms with van der Waals surface area (Å²) in [5, 5.41) is 0.782. The minimum atomic E-state index is 0.244. The highest BCUT2D eigenvalue weighted by atomic mass is 35.5. The fourth-order valence-electron chi connectivity index (χ4n) is 3.52. The lowest BCUT2D eigenvalue weighted by atomic mass is 10.0. The van der Waals surface area contributed by atoms with Gasteiger partial charge in [0.05, 0.1) is 0 Å². The van der Waals surface area contributed by atoms with Gasteiger partial charge in [0.2, 0.25) is 0 Å². The lowest BCUT2D eigenvalue weighted by molar-refractivity contribution is 0.546. The highest BCUT2D eigenvalue weighted by Crippen LogP contribution is 2.61. The summed E-state index contributed by atoms with van der Waals surface area (Å²) < 4.78 is 0.371. The van der Waals surface area contributed by atoms with Crippen LogP contribution in [0.1, 0.15) is 30.7 Å². The molecule has 0 spiro atoms. The van der Waals surface area contributed by atoms with E-state index in [2.05, 4.69) is 31.0 Å². The smallest absolute Gasteiger partial charge is 0.103 e. The molecule has 1 N–H and O–H groups in total. The lowest BCUT2D eigenvalue weighted by Gasteiger charge is -2.06. The van der Waals surface area contributed by atoms with Crippen molar-refractivity contribution in [1.29, 1.82) is 0 Å². The molecule has 1 aliphatic rings. The summed E-state index contributed by atoms with van der Waals surface area (Å²) in [4.78, 5) is 3.40. The standard InChI is InChI=1S/C19H20Cl3N/c1-19(2)15(16(19)11-18(21)22)10-17-13(6-7-23-17)8-12-4-3-5-14(20)9-12/h3-7,9,11,15-16,23H,8,10H2,1-2H3. The first-order valence-corrected chi connectivity index (χ1v) is 8.93. The Morgan fingerprint density at radius 3 is 2.74 bits per heavy atom. The van der Waals surface area contributed by atoms with Crippen molar-refractivity contribution in [3.63, 3.8) is 0 Å². The summed E-state index contributed by atoms with van der Waals surface area (Å²) in [7, 11) is 0. The number of allylic oxidation sites excluding steroid dienone is 1. The Labute approximate surface area is 152 Å². The molecule has 23 heavy (non-hydrogen) atoms. The van der Waals surface area contributed by atoms with Crippen LogP contribution in [-0.4, -0.2) is 4.98 Å². The minimum absolute atomic E-state index is 0.244. The fraction of sp³-hybridized carbons (Fsp3) is 0.368. The zero-order valence-corrected chi connectivity index (χ0v) is 15.5. The van der Waals surface area contributed by atoms with Gasteiger partial charge in [-0.2, -0.15) is 0 Å². The fourth-order valence-corrected chi connectivity index (χ4v) is 4.01. The summed E-state index contributed by atoms with van der Waals surface area (Å²) in [5.41, 5.74) is 4.10. The summed E-state index contributed by atoms with van der Waals surface area (Å²) in [6.45, 7) is 4.55. The molecular formula is C19H20Cl3N. The van der Waals surface area contributed by atoms with E-state index < -0.39 is 0 Å². The number of rotatable bonds is 5. The van der Waals surface area contributed by atoms with Crippen molar-refractivity contribution in [3.8, 4) is 0 Å². The molecule has 1 nitrogen and oxygen atoms in total. The number of aromatic nitrogens is 1. The van der Waals surface area contributed by atoms with E-state index in [9.17, 15) is 0 Å². The number of H-pyrrole nitrogens is 1. The van der Waals surface area contributed by atoms with E-state index >= 15 is 0 Å². The molecule has 2 atom stereocenters. The van der Waals surface area contributed by atoms with Gasteiger partial charge in [-0.25, -0.2) is 0 Å². The van der Waals surface area contributed by atoms with Crippen molar-refractivity contribution >= 4 is 34.8 Å². The molecule has 0 bridgehead atoms. The maximum Gasteiger partial charge on any atom is 0.103 e. The van der Waals surface area contributed by atoms with E-state index in [4.69, 9.17) is 34.8 Å². The maximum atomic E-state index is 6.08. The molecule has 122 valence electrons. The first-order chi connectivity index (χ1) is 10.9. The maximum absolute atomic E-state index is 6.08. The molecule has 0 saturated heterocycles. The van der Waals surface area contributed by atoms with Gasteiger partial charge in [0.1, 0.15) is 4.49 Å². The third-order valence-corrected chi connectivity index (χ3v) is 5.57. The van der Waals surface area contributed by atoms with Crippen LogP contribution < -0.4 is 0 Å². The zero-order chi connectivity index (χ0) is 16.6. The molecule has 0 amide bonds. The highest BCUT2D eigenvalue weighted by molar-refractivity contribution is 6.55. The second-order valence-corrected chi connectivity index (χ2v) is 8.35. The van der Waals surface area contributed by atoms with Gasteiger partial charge in [-0.3, -0.25) is 0 Å². The van der Waals surface area contributed by atoms with Crippen molar-refractivity contribution in [2.45, 2.75) is 26.7 Å². The predicted molar refractivity (Wildman–Crippen MR) is 99.3 cm³/mol. The third-order valence-electron chi connectivity index (χ3n) is 5.08. The summed E-state index contributed by atoms with van der Waals surface area (Å²) in [6, 6.07) is 10.2. The normalized spacial score (nSPS) is 22.0. The Morgan fingerprint density at radius 2 is 2.04 bits per heavy atom. The Kier molecular flexibility index (Phi) is 4.83. The first kappa shape index (κ1) is 17.0. The highest BCUT2D eigenvalue weighted by Gasteiger charge is 2.56. The SMILES string of the molecule is CC1(C)C(C=C(Cl)Cl)C1Cc1[nH]ccc1Cc1cccc(Cl)c1. The van der Waals surface area contributed by atoms with E-state index in [1.54, 1.807) is 0 Å². The van der Waals surface area contributed by atoms with Gasteiger partial charge >= 0.3 is 0 Å². The van der Waals surface area contributed by atoms with Crippen LogP contribution in [0.25, 0.3) is 0 Å². The number of halogens is 3. The molecular weight excluding hydrogens is 349 g/mol. The van der Waals surface area contributed by atoms with E-state index in [1.807, 2.05) is 30.5 Å². The second-order valence-electron chi connectivity index (χ2n) is 6.90. The summed E-state index contributed by atoms with van der Waals surface area (Å²) in [6.07, 6.45) is 5.90. The number of hydrogen-bond acceptors (Lipinski definition) is 0. The molecule has 1 aliphatic carbocycles. The van der Waals surface area contributed by atoms with Crippen molar-refractivity contribution in [3.05, 3.63) is 68.9 Å². The molecule has 2 aromatic rings. The van der Waals surface area contributed by atoms with Gasteiger partial charge in [0.15, 0.2) is 0 Å². The Bertz CT molecular complexity index is 726. The monoisotopic (exact) mass is 367 g/mol. The van der Waals surface area contributed by atoms with Crippen molar-refractivity contribution in [2.24, 2.45) is 17.3 Å². The van der Waals surface area contributed by atoms with Crippen LogP contribution in [0, 0.1) is 17.3 Å². The first-order valence-electron chi connectivity index (χ1n) is 7.80. The van der Waals surface area contributed by atoms with E-state index in [0.29, 0.717) is 16.3 Å². The van der Waals surface area contributed by atoms with Crippen LogP contribution in [0.3, 0.4) is 0 Å². The zero-order valence-electron chi connectivity index (χ0n) is 13.2. The predicted octanol–water partition coefficient (Wildman–Crippen LogP) is 6.39. The Morgan fingerprint density at radius 1 is 1.26 bits per heavy atom. The molecule has 1 heterocycles. The largest absolute Gasteiger partial charge is 0.365 e. The van der Waals surface area contributed by atoms with Gasteiger partial charge in [0, 0.05) is 16.9 Å². The molecule has 0 aliphatic heterocycles. The molecule has 0 radical (unpaired) electrons. The van der Waals surface area contributed by atoms with Crippen LogP contribution in [0.4, 0.5) is 0 Å². The van der Waals surface area contributed by atoms with Crippen LogP contribution in [0.5, 0.6) is 0 Å².